The van der Waals surface area contributed by atoms with Gasteiger partial charge in [-0.15, -0.1) is 0 Å². The van der Waals surface area contributed by atoms with Crippen molar-refractivity contribution >= 4 is 16.7 Å². The molecule has 2 N–H and O–H groups in total. The van der Waals surface area contributed by atoms with Crippen molar-refractivity contribution in [1.82, 2.24) is 0 Å². The number of halogens is 3. The van der Waals surface area contributed by atoms with Gasteiger partial charge in [0, 0.05) is 4.90 Å². The maximum atomic E-state index is 12.3. The largest absolute Gasteiger partial charge is 0.416 e. The molecule has 0 spiro atoms. The van der Waals surface area contributed by atoms with Crippen LogP contribution < -0.4 is 5.73 Å². The van der Waals surface area contributed by atoms with Gasteiger partial charge in [0.25, 0.3) is 0 Å². The third-order valence-corrected chi connectivity index (χ3v) is 3.02. The lowest BCUT2D eigenvalue weighted by Crippen LogP contribution is -2.19. The maximum Gasteiger partial charge on any atom is 0.416 e. The first-order valence-electron chi connectivity index (χ1n) is 4.14. The second-order valence-electron chi connectivity index (χ2n) is 2.98. The van der Waals surface area contributed by atoms with E-state index < -0.39 is 34.2 Å². The van der Waals surface area contributed by atoms with Crippen LogP contribution in [-0.4, -0.2) is 15.9 Å². The van der Waals surface area contributed by atoms with Gasteiger partial charge in [-0.25, -0.2) is 0 Å². The van der Waals surface area contributed by atoms with Gasteiger partial charge >= 0.3 is 6.18 Å². The van der Waals surface area contributed by atoms with Gasteiger partial charge in [-0.05, 0) is 18.2 Å². The van der Waals surface area contributed by atoms with E-state index in [0.29, 0.717) is 0 Å². The molecule has 1 rings (SSSR count). The summed E-state index contributed by atoms with van der Waals surface area (Å²) in [5.74, 6) is -1.31. The summed E-state index contributed by atoms with van der Waals surface area (Å²) in [6.07, 6.45) is -4.49. The standard InChI is InChI=1S/C9H8F3NO2S/c10-9(11,12)6-2-1-3-7(4-6)16(15)5-8(13)14/h1-4H,5H2,(H2,13,14). The molecule has 0 aliphatic rings. The second kappa shape index (κ2) is 4.65. The Morgan fingerprint density at radius 3 is 2.50 bits per heavy atom. The van der Waals surface area contributed by atoms with Crippen molar-refractivity contribution in [3.63, 3.8) is 0 Å². The number of benzene rings is 1. The Bertz CT molecular complexity index is 431. The van der Waals surface area contributed by atoms with Crippen LogP contribution in [0.15, 0.2) is 29.2 Å². The number of alkyl halides is 3. The van der Waals surface area contributed by atoms with E-state index in [2.05, 4.69) is 0 Å². The normalized spacial score (nSPS) is 13.4. The van der Waals surface area contributed by atoms with Crippen molar-refractivity contribution in [3.8, 4) is 0 Å². The fraction of sp³-hybridized carbons (Fsp3) is 0.222. The van der Waals surface area contributed by atoms with Gasteiger partial charge in [-0.1, -0.05) is 6.07 Å². The summed E-state index contributed by atoms with van der Waals surface area (Å²) in [5.41, 5.74) is 3.90. The Morgan fingerprint density at radius 1 is 1.38 bits per heavy atom. The van der Waals surface area contributed by atoms with E-state index in [0.717, 1.165) is 18.2 Å². The molecule has 0 bridgehead atoms. The minimum absolute atomic E-state index is 0.0615. The number of amides is 1. The summed E-state index contributed by atoms with van der Waals surface area (Å²) in [5, 5.41) is 0. The van der Waals surface area contributed by atoms with E-state index in [1.165, 1.54) is 6.07 Å². The Morgan fingerprint density at radius 2 is 2.00 bits per heavy atom. The molecule has 88 valence electrons. The molecule has 0 aromatic heterocycles. The Balaban J connectivity index is 2.99. The van der Waals surface area contributed by atoms with Crippen molar-refractivity contribution in [2.24, 2.45) is 5.73 Å². The van der Waals surface area contributed by atoms with Crippen molar-refractivity contribution in [1.29, 1.82) is 0 Å². The summed E-state index contributed by atoms with van der Waals surface area (Å²) in [4.78, 5) is 10.4. The van der Waals surface area contributed by atoms with Gasteiger partial charge in [-0.2, -0.15) is 13.2 Å². The summed E-state index contributed by atoms with van der Waals surface area (Å²) in [7, 11) is -1.83. The molecule has 1 unspecified atom stereocenters. The van der Waals surface area contributed by atoms with E-state index in [1.807, 2.05) is 0 Å². The fourth-order valence-corrected chi connectivity index (χ4v) is 1.94. The number of rotatable bonds is 3. The zero-order valence-electron chi connectivity index (χ0n) is 7.95. The highest BCUT2D eigenvalue weighted by atomic mass is 32.2. The average molecular weight is 251 g/mol. The molecule has 16 heavy (non-hydrogen) atoms. The lowest BCUT2D eigenvalue weighted by molar-refractivity contribution is -0.137. The first-order chi connectivity index (χ1) is 7.30. The van der Waals surface area contributed by atoms with Gasteiger partial charge in [-0.3, -0.25) is 9.00 Å². The highest BCUT2D eigenvalue weighted by Crippen LogP contribution is 2.30. The lowest BCUT2D eigenvalue weighted by atomic mass is 10.2. The van der Waals surface area contributed by atoms with Crippen LogP contribution >= 0.6 is 0 Å². The third kappa shape index (κ3) is 3.34. The SMILES string of the molecule is NC(=O)CS(=O)c1cccc(C(F)(F)F)c1. The molecule has 1 aromatic rings. The predicted octanol–water partition coefficient (Wildman–Crippen LogP) is 1.30. The van der Waals surface area contributed by atoms with Crippen molar-refractivity contribution in [2.75, 3.05) is 5.75 Å². The van der Waals surface area contributed by atoms with Gasteiger partial charge in [0.05, 0.1) is 16.4 Å². The molecule has 0 saturated heterocycles. The number of primary amides is 1. The summed E-state index contributed by atoms with van der Waals surface area (Å²) in [6.45, 7) is 0. The number of carbonyl (C=O) groups is 1. The van der Waals surface area contributed by atoms with Crippen molar-refractivity contribution in [3.05, 3.63) is 29.8 Å². The topological polar surface area (TPSA) is 60.2 Å². The molecule has 1 aromatic carbocycles. The molecule has 1 atom stereocenters. The molecule has 7 heteroatoms. The van der Waals surface area contributed by atoms with Crippen molar-refractivity contribution < 1.29 is 22.2 Å². The van der Waals surface area contributed by atoms with E-state index in [9.17, 15) is 22.2 Å². The van der Waals surface area contributed by atoms with Crippen LogP contribution in [0.2, 0.25) is 0 Å². The summed E-state index contributed by atoms with van der Waals surface area (Å²) >= 11 is 0. The summed E-state index contributed by atoms with van der Waals surface area (Å²) < 4.78 is 48.3. The van der Waals surface area contributed by atoms with Gasteiger partial charge in [0.15, 0.2) is 0 Å². The predicted molar refractivity (Wildman–Crippen MR) is 51.9 cm³/mol. The quantitative estimate of drug-likeness (QED) is 0.880. The maximum absolute atomic E-state index is 12.3. The first kappa shape index (κ1) is 12.7. The molecule has 0 heterocycles. The Kier molecular flexibility index (Phi) is 3.69. The summed E-state index contributed by atoms with van der Waals surface area (Å²) in [6, 6.07) is 4.01. The van der Waals surface area contributed by atoms with Crippen LogP contribution in [0.4, 0.5) is 13.2 Å². The van der Waals surface area contributed by atoms with Crippen molar-refractivity contribution in [2.45, 2.75) is 11.1 Å². The highest BCUT2D eigenvalue weighted by Gasteiger charge is 2.30. The molecule has 0 aliphatic carbocycles. The van der Waals surface area contributed by atoms with Crippen LogP contribution in [0.1, 0.15) is 5.56 Å². The zero-order chi connectivity index (χ0) is 12.3. The van der Waals surface area contributed by atoms with E-state index in [-0.39, 0.29) is 4.90 Å². The van der Waals surface area contributed by atoms with E-state index in [4.69, 9.17) is 5.73 Å². The second-order valence-corrected chi connectivity index (χ2v) is 4.43. The first-order valence-corrected chi connectivity index (χ1v) is 5.46. The molecule has 3 nitrogen and oxygen atoms in total. The lowest BCUT2D eigenvalue weighted by Gasteiger charge is -2.07. The molecule has 0 aliphatic heterocycles. The molecule has 0 fully saturated rings. The Hall–Kier alpha value is -1.37. The van der Waals surface area contributed by atoms with Crippen LogP contribution in [-0.2, 0) is 21.8 Å². The molecule has 0 radical (unpaired) electrons. The van der Waals surface area contributed by atoms with Gasteiger partial charge in [0.1, 0.15) is 5.75 Å². The minimum Gasteiger partial charge on any atom is -0.369 e. The van der Waals surface area contributed by atoms with Crippen LogP contribution in [0.3, 0.4) is 0 Å². The van der Waals surface area contributed by atoms with Gasteiger partial charge in [0.2, 0.25) is 5.91 Å². The Labute approximate surface area is 91.9 Å². The third-order valence-electron chi connectivity index (χ3n) is 1.70. The van der Waals surface area contributed by atoms with Crippen LogP contribution in [0.5, 0.6) is 0 Å². The number of hydrogen-bond acceptors (Lipinski definition) is 2. The molecular formula is C9H8F3NO2S. The molecular weight excluding hydrogens is 243 g/mol. The average Bonchev–Trinajstić information content (AvgIpc) is 2.15. The molecule has 0 saturated carbocycles. The molecule has 1 amide bonds. The number of carbonyl (C=O) groups excluding carboxylic acids is 1. The smallest absolute Gasteiger partial charge is 0.369 e. The van der Waals surface area contributed by atoms with E-state index >= 15 is 0 Å². The highest BCUT2D eigenvalue weighted by molar-refractivity contribution is 7.85. The number of hydrogen-bond donors (Lipinski definition) is 1. The fourth-order valence-electron chi connectivity index (χ4n) is 1.03. The van der Waals surface area contributed by atoms with E-state index in [1.54, 1.807) is 0 Å². The monoisotopic (exact) mass is 251 g/mol. The van der Waals surface area contributed by atoms with Crippen LogP contribution in [0, 0.1) is 0 Å². The van der Waals surface area contributed by atoms with Gasteiger partial charge < -0.3 is 5.73 Å². The minimum atomic E-state index is -4.49. The number of nitrogens with two attached hydrogens (primary N) is 1. The zero-order valence-corrected chi connectivity index (χ0v) is 8.77. The van der Waals surface area contributed by atoms with Crippen LogP contribution in [0.25, 0.3) is 0 Å².